The highest BCUT2D eigenvalue weighted by molar-refractivity contribution is 5.32. The smallest absolute Gasteiger partial charge is 0.119 e. The molecule has 27 heavy (non-hydrogen) atoms. The van der Waals surface area contributed by atoms with Gasteiger partial charge in [0.1, 0.15) is 35.9 Å². The topological polar surface area (TPSA) is 52.8 Å². The molecule has 4 rings (SSSR count). The molecule has 0 amide bonds. The van der Waals surface area contributed by atoms with Crippen LogP contribution in [0.5, 0.6) is 11.5 Å². The summed E-state index contributed by atoms with van der Waals surface area (Å²) >= 11 is 0. The molecule has 4 unspecified atom stereocenters. The third-order valence-electron chi connectivity index (χ3n) is 4.73. The molecule has 2 aromatic rings. The quantitative estimate of drug-likeness (QED) is 0.590. The van der Waals surface area contributed by atoms with Crippen LogP contribution < -0.4 is 9.47 Å². The molecule has 0 spiro atoms. The molecule has 0 bridgehead atoms. The molecule has 144 valence electrons. The molecule has 2 saturated heterocycles. The number of rotatable bonds is 10. The molecule has 5 nitrogen and oxygen atoms in total. The molecule has 2 fully saturated rings. The summed E-state index contributed by atoms with van der Waals surface area (Å²) in [5.41, 5.74) is 2.19. The van der Waals surface area contributed by atoms with E-state index in [1.165, 1.54) is 0 Å². The van der Waals surface area contributed by atoms with Crippen molar-refractivity contribution in [1.29, 1.82) is 0 Å². The molecule has 2 aliphatic rings. The Hall–Kier alpha value is -2.08. The highest BCUT2D eigenvalue weighted by atomic mass is 16.6. The van der Waals surface area contributed by atoms with Crippen molar-refractivity contribution in [3.63, 3.8) is 0 Å². The lowest BCUT2D eigenvalue weighted by Gasteiger charge is -2.24. The maximum atomic E-state index is 6.54. The van der Waals surface area contributed by atoms with Crippen LogP contribution in [0.1, 0.15) is 37.2 Å². The van der Waals surface area contributed by atoms with Gasteiger partial charge in [-0.25, -0.2) is 0 Å². The SMILES string of the molecule is CCOc1ccc(C(OC(c2ccc(OCC)cc2)C2CO2)C2CO2)cc1. The van der Waals surface area contributed by atoms with Gasteiger partial charge in [-0.05, 0) is 49.2 Å². The van der Waals surface area contributed by atoms with Crippen molar-refractivity contribution >= 4 is 0 Å². The standard InChI is InChI=1S/C22H26O5/c1-3-23-17-9-5-15(6-10-17)21(19-13-25-19)27-22(20-14-26-20)16-7-11-18(12-8-16)24-4-2/h5-12,19-22H,3-4,13-14H2,1-2H3. The van der Waals surface area contributed by atoms with Crippen LogP contribution in [0, 0.1) is 0 Å². The summed E-state index contributed by atoms with van der Waals surface area (Å²) in [5, 5.41) is 0. The van der Waals surface area contributed by atoms with Crippen molar-refractivity contribution in [1.82, 2.24) is 0 Å². The Balaban J connectivity index is 1.51. The fourth-order valence-electron chi connectivity index (χ4n) is 3.22. The first-order valence-corrected chi connectivity index (χ1v) is 9.62. The van der Waals surface area contributed by atoms with Crippen LogP contribution in [0.15, 0.2) is 48.5 Å². The first-order chi connectivity index (χ1) is 13.3. The number of benzene rings is 2. The van der Waals surface area contributed by atoms with Crippen LogP contribution in [-0.4, -0.2) is 38.6 Å². The lowest BCUT2D eigenvalue weighted by molar-refractivity contribution is -0.0419. The van der Waals surface area contributed by atoms with E-state index < -0.39 is 0 Å². The molecule has 2 aromatic carbocycles. The molecule has 5 heteroatoms. The van der Waals surface area contributed by atoms with Gasteiger partial charge in [-0.3, -0.25) is 0 Å². The normalized spacial score (nSPS) is 22.7. The summed E-state index contributed by atoms with van der Waals surface area (Å²) < 4.78 is 28.8. The lowest BCUT2D eigenvalue weighted by atomic mass is 10.0. The van der Waals surface area contributed by atoms with E-state index in [0.717, 1.165) is 35.8 Å². The first-order valence-electron chi connectivity index (χ1n) is 9.62. The largest absolute Gasteiger partial charge is 0.494 e. The van der Waals surface area contributed by atoms with Gasteiger partial charge in [-0.1, -0.05) is 24.3 Å². The molecule has 2 aliphatic heterocycles. The minimum absolute atomic E-state index is 0.0897. The predicted molar refractivity (Wildman–Crippen MR) is 101 cm³/mol. The van der Waals surface area contributed by atoms with Crippen LogP contribution in [0.3, 0.4) is 0 Å². The highest BCUT2D eigenvalue weighted by Gasteiger charge is 2.42. The summed E-state index contributed by atoms with van der Waals surface area (Å²) in [4.78, 5) is 0. The number of epoxide rings is 2. The minimum atomic E-state index is -0.124. The summed E-state index contributed by atoms with van der Waals surface area (Å²) in [6.07, 6.45) is -0.0679. The van der Waals surface area contributed by atoms with Crippen molar-refractivity contribution in [2.45, 2.75) is 38.3 Å². The summed E-state index contributed by atoms with van der Waals surface area (Å²) in [5.74, 6) is 1.73. The molecule has 0 aromatic heterocycles. The Morgan fingerprint density at radius 1 is 0.741 bits per heavy atom. The zero-order chi connectivity index (χ0) is 18.6. The average molecular weight is 370 g/mol. The fourth-order valence-corrected chi connectivity index (χ4v) is 3.22. The van der Waals surface area contributed by atoms with Crippen molar-refractivity contribution in [3.8, 4) is 11.5 Å². The molecule has 0 radical (unpaired) electrons. The van der Waals surface area contributed by atoms with E-state index in [-0.39, 0.29) is 24.4 Å². The molecule has 2 heterocycles. The van der Waals surface area contributed by atoms with E-state index in [1.807, 2.05) is 38.1 Å². The Labute approximate surface area is 160 Å². The number of hydrogen-bond donors (Lipinski definition) is 0. The maximum absolute atomic E-state index is 6.54. The van der Waals surface area contributed by atoms with Crippen LogP contribution in [0.25, 0.3) is 0 Å². The van der Waals surface area contributed by atoms with Crippen LogP contribution in [0.4, 0.5) is 0 Å². The van der Waals surface area contributed by atoms with Gasteiger partial charge >= 0.3 is 0 Å². The second-order valence-electron chi connectivity index (χ2n) is 6.72. The Kier molecular flexibility index (Phi) is 5.62. The van der Waals surface area contributed by atoms with Gasteiger partial charge in [0.15, 0.2) is 0 Å². The van der Waals surface area contributed by atoms with E-state index in [9.17, 15) is 0 Å². The Morgan fingerprint density at radius 3 is 1.41 bits per heavy atom. The zero-order valence-corrected chi connectivity index (χ0v) is 15.8. The van der Waals surface area contributed by atoms with E-state index in [1.54, 1.807) is 0 Å². The predicted octanol–water partition coefficient (Wildman–Crippen LogP) is 4.08. The van der Waals surface area contributed by atoms with Crippen LogP contribution in [0.2, 0.25) is 0 Å². The highest BCUT2D eigenvalue weighted by Crippen LogP contribution is 2.40. The second kappa shape index (κ2) is 8.30. The van der Waals surface area contributed by atoms with Gasteiger partial charge in [-0.15, -0.1) is 0 Å². The minimum Gasteiger partial charge on any atom is -0.494 e. The third kappa shape index (κ3) is 4.61. The average Bonchev–Trinajstić information content (AvgIpc) is 3.59. The van der Waals surface area contributed by atoms with Crippen LogP contribution >= 0.6 is 0 Å². The Bertz CT molecular complexity index is 656. The fraction of sp³-hybridized carbons (Fsp3) is 0.455. The van der Waals surface area contributed by atoms with Gasteiger partial charge in [-0.2, -0.15) is 0 Å². The van der Waals surface area contributed by atoms with Crippen molar-refractivity contribution < 1.29 is 23.7 Å². The van der Waals surface area contributed by atoms with Crippen molar-refractivity contribution in [2.24, 2.45) is 0 Å². The van der Waals surface area contributed by atoms with Gasteiger partial charge in [0.25, 0.3) is 0 Å². The monoisotopic (exact) mass is 370 g/mol. The van der Waals surface area contributed by atoms with Crippen LogP contribution in [-0.2, 0) is 14.2 Å². The van der Waals surface area contributed by atoms with Gasteiger partial charge < -0.3 is 23.7 Å². The van der Waals surface area contributed by atoms with Gasteiger partial charge in [0.05, 0.1) is 26.4 Å². The molecular weight excluding hydrogens is 344 g/mol. The summed E-state index contributed by atoms with van der Waals surface area (Å²) in [6, 6.07) is 16.2. The molecule has 0 N–H and O–H groups in total. The second-order valence-corrected chi connectivity index (χ2v) is 6.72. The van der Waals surface area contributed by atoms with Gasteiger partial charge in [0.2, 0.25) is 0 Å². The number of ether oxygens (including phenoxy) is 5. The maximum Gasteiger partial charge on any atom is 0.119 e. The van der Waals surface area contributed by atoms with E-state index in [2.05, 4.69) is 24.3 Å². The Morgan fingerprint density at radius 2 is 1.11 bits per heavy atom. The summed E-state index contributed by atoms with van der Waals surface area (Å²) in [6.45, 7) is 6.72. The summed E-state index contributed by atoms with van der Waals surface area (Å²) in [7, 11) is 0. The molecule has 0 aliphatic carbocycles. The molecule has 0 saturated carbocycles. The zero-order valence-electron chi connectivity index (χ0n) is 15.8. The number of hydrogen-bond acceptors (Lipinski definition) is 5. The van der Waals surface area contributed by atoms with Gasteiger partial charge in [0, 0.05) is 0 Å². The van der Waals surface area contributed by atoms with E-state index in [0.29, 0.717) is 13.2 Å². The van der Waals surface area contributed by atoms with Crippen molar-refractivity contribution in [3.05, 3.63) is 59.7 Å². The lowest BCUT2D eigenvalue weighted by Crippen LogP contribution is -2.19. The van der Waals surface area contributed by atoms with E-state index >= 15 is 0 Å². The third-order valence-corrected chi connectivity index (χ3v) is 4.73. The van der Waals surface area contributed by atoms with E-state index in [4.69, 9.17) is 23.7 Å². The first kappa shape index (κ1) is 18.3. The van der Waals surface area contributed by atoms with Crippen molar-refractivity contribution in [2.75, 3.05) is 26.4 Å². The molecular formula is C22H26O5. The molecule has 4 atom stereocenters.